The fourth-order valence-corrected chi connectivity index (χ4v) is 5.77. The number of halogens is 3. The molecule has 41 heavy (non-hydrogen) atoms. The summed E-state index contributed by atoms with van der Waals surface area (Å²) >= 11 is 0. The maximum atomic E-state index is 13.6. The topological polar surface area (TPSA) is 79.7 Å². The minimum Gasteiger partial charge on any atom is -0.481 e. The number of carbonyl (C=O) groups is 2. The van der Waals surface area contributed by atoms with Crippen molar-refractivity contribution in [3.63, 3.8) is 0 Å². The number of pyridine rings is 1. The highest BCUT2D eigenvalue weighted by Gasteiger charge is 2.46. The highest BCUT2D eigenvalue weighted by molar-refractivity contribution is 6.04. The Hall–Kier alpha value is -3.10. The number of hydrogen-bond acceptors (Lipinski definition) is 5. The normalized spacial score (nSPS) is 17.8. The van der Waals surface area contributed by atoms with Gasteiger partial charge in [-0.1, -0.05) is 20.8 Å². The molecule has 2 fully saturated rings. The lowest BCUT2D eigenvalue weighted by atomic mass is 9.72. The zero-order valence-corrected chi connectivity index (χ0v) is 24.6. The Labute approximate surface area is 240 Å². The largest absolute Gasteiger partial charge is 0.481 e. The summed E-state index contributed by atoms with van der Waals surface area (Å²) < 4.78 is 46.8. The molecule has 4 rings (SSSR count). The van der Waals surface area contributed by atoms with Gasteiger partial charge in [-0.3, -0.25) is 9.59 Å². The number of carboxylic acids is 1. The van der Waals surface area contributed by atoms with Gasteiger partial charge in [0.15, 0.2) is 5.78 Å². The second kappa shape index (κ2) is 11.6. The molecule has 0 amide bonds. The first-order chi connectivity index (χ1) is 19.1. The Balaban J connectivity index is 1.44. The molecule has 9 heteroatoms. The smallest absolute Gasteiger partial charge is 0.416 e. The first-order valence-electron chi connectivity index (χ1n) is 14.5. The summed E-state index contributed by atoms with van der Waals surface area (Å²) in [4.78, 5) is 31.5. The van der Waals surface area contributed by atoms with E-state index in [-0.39, 0.29) is 17.6 Å². The molecule has 0 unspecified atom stereocenters. The number of hydrogen-bond donors (Lipinski definition) is 1. The zero-order chi connectivity index (χ0) is 30.2. The number of ether oxygens (including phenoxy) is 1. The number of piperidine rings is 1. The number of ketones is 1. The minimum atomic E-state index is -4.50. The van der Waals surface area contributed by atoms with Crippen LogP contribution in [-0.2, 0) is 11.0 Å². The van der Waals surface area contributed by atoms with E-state index in [1.807, 2.05) is 37.8 Å². The van der Waals surface area contributed by atoms with Gasteiger partial charge >= 0.3 is 12.1 Å². The molecule has 1 aliphatic heterocycles. The van der Waals surface area contributed by atoms with Gasteiger partial charge in [0, 0.05) is 47.9 Å². The molecule has 1 saturated carbocycles. The number of carbonyl (C=O) groups excluding carboxylic acids is 1. The van der Waals surface area contributed by atoms with Gasteiger partial charge in [-0.15, -0.1) is 0 Å². The van der Waals surface area contributed by atoms with Crippen molar-refractivity contribution in [3.05, 3.63) is 53.2 Å². The Morgan fingerprint density at radius 3 is 2.27 bits per heavy atom. The summed E-state index contributed by atoms with van der Waals surface area (Å²) in [6, 6.07) is 7.15. The van der Waals surface area contributed by atoms with Crippen molar-refractivity contribution in [2.75, 3.05) is 24.6 Å². The number of aliphatic carboxylic acids is 1. The van der Waals surface area contributed by atoms with Gasteiger partial charge < -0.3 is 14.7 Å². The lowest BCUT2D eigenvalue weighted by Gasteiger charge is -2.35. The number of alkyl halides is 3. The summed E-state index contributed by atoms with van der Waals surface area (Å²) in [5.74, 6) is -0.167. The van der Waals surface area contributed by atoms with Crippen molar-refractivity contribution >= 4 is 17.4 Å². The van der Waals surface area contributed by atoms with Gasteiger partial charge in [0.2, 0.25) is 5.88 Å². The van der Waals surface area contributed by atoms with E-state index in [1.165, 1.54) is 6.07 Å². The number of anilines is 1. The molecule has 1 aliphatic carbocycles. The van der Waals surface area contributed by atoms with E-state index in [0.29, 0.717) is 62.0 Å². The van der Waals surface area contributed by atoms with Crippen LogP contribution in [0, 0.1) is 22.7 Å². The highest BCUT2D eigenvalue weighted by atomic mass is 19.4. The SMILES string of the molecule is CCC(C)(C)C(=O)c1ccc(C(F)(F)F)cc1N1CCC(COc2cc([C@H](C3CC3)C(C)(C)C(=O)O)ccn2)CC1. The lowest BCUT2D eigenvalue weighted by Crippen LogP contribution is -2.37. The molecule has 0 bridgehead atoms. The quantitative estimate of drug-likeness (QED) is 0.278. The van der Waals surface area contributed by atoms with E-state index >= 15 is 0 Å². The number of rotatable bonds is 11. The third kappa shape index (κ3) is 6.87. The van der Waals surface area contributed by atoms with Crippen molar-refractivity contribution < 1.29 is 32.6 Å². The highest BCUT2D eigenvalue weighted by Crippen LogP contribution is 2.52. The Bertz CT molecular complexity index is 1260. The first kappa shape index (κ1) is 30.8. The molecule has 2 aromatic rings. The van der Waals surface area contributed by atoms with Gasteiger partial charge in [-0.05, 0) is 87.6 Å². The predicted octanol–water partition coefficient (Wildman–Crippen LogP) is 7.62. The standard InChI is InChI=1S/C32H41F3N2O4/c1-6-30(2,3)28(38)24-10-9-23(32(33,34)35)18-25(24)37-15-12-20(13-16-37)19-41-26-17-22(11-14-36-26)27(21-7-8-21)31(4,5)29(39)40/h9-11,14,17-18,20-21,27H,6-8,12-13,15-16,19H2,1-5H3,(H,39,40)/t27-/m0/s1. The van der Waals surface area contributed by atoms with Crippen LogP contribution in [0.25, 0.3) is 0 Å². The monoisotopic (exact) mass is 574 g/mol. The molecule has 6 nitrogen and oxygen atoms in total. The molecule has 1 aromatic carbocycles. The molecule has 224 valence electrons. The van der Waals surface area contributed by atoms with Gasteiger partial charge in [-0.25, -0.2) is 4.98 Å². The van der Waals surface area contributed by atoms with Crippen LogP contribution >= 0.6 is 0 Å². The minimum absolute atomic E-state index is 0.129. The van der Waals surface area contributed by atoms with Crippen LogP contribution in [0.4, 0.5) is 18.9 Å². The van der Waals surface area contributed by atoms with Gasteiger partial charge in [0.05, 0.1) is 17.6 Å². The van der Waals surface area contributed by atoms with Crippen LogP contribution in [0.1, 0.15) is 94.1 Å². The molecule has 1 N–H and O–H groups in total. The van der Waals surface area contributed by atoms with Crippen LogP contribution in [0.5, 0.6) is 5.88 Å². The average Bonchev–Trinajstić information content (AvgIpc) is 3.76. The summed E-state index contributed by atoms with van der Waals surface area (Å²) in [6.45, 7) is 10.5. The molecule has 2 heterocycles. The maximum absolute atomic E-state index is 13.6. The predicted molar refractivity (Wildman–Crippen MR) is 151 cm³/mol. The van der Waals surface area contributed by atoms with Crippen molar-refractivity contribution in [2.45, 2.75) is 78.8 Å². The number of benzene rings is 1. The number of nitrogens with zero attached hydrogens (tertiary/aromatic N) is 2. The van der Waals surface area contributed by atoms with E-state index in [4.69, 9.17) is 4.74 Å². The summed E-state index contributed by atoms with van der Waals surface area (Å²) in [7, 11) is 0. The molecule has 2 aliphatic rings. The lowest BCUT2D eigenvalue weighted by molar-refractivity contribution is -0.148. The number of carboxylic acid groups (broad SMARTS) is 1. The van der Waals surface area contributed by atoms with Crippen LogP contribution in [0.2, 0.25) is 0 Å². The van der Waals surface area contributed by atoms with E-state index in [2.05, 4.69) is 4.98 Å². The van der Waals surface area contributed by atoms with Crippen LogP contribution in [0.15, 0.2) is 36.5 Å². The van der Waals surface area contributed by atoms with Crippen molar-refractivity contribution in [2.24, 2.45) is 22.7 Å². The fraction of sp³-hybridized carbons (Fsp3) is 0.594. The second-order valence-electron chi connectivity index (χ2n) is 12.8. The third-order valence-corrected chi connectivity index (χ3v) is 9.03. The van der Waals surface area contributed by atoms with Gasteiger partial charge in [0.1, 0.15) is 0 Å². The average molecular weight is 575 g/mol. The van der Waals surface area contributed by atoms with Gasteiger partial charge in [-0.2, -0.15) is 13.2 Å². The van der Waals surface area contributed by atoms with Crippen LogP contribution in [-0.4, -0.2) is 41.5 Å². The Morgan fingerprint density at radius 1 is 1.05 bits per heavy atom. The van der Waals surface area contributed by atoms with E-state index < -0.39 is 28.5 Å². The van der Waals surface area contributed by atoms with E-state index in [9.17, 15) is 27.9 Å². The molecular formula is C32H41F3N2O4. The molecule has 1 aromatic heterocycles. The summed E-state index contributed by atoms with van der Waals surface area (Å²) in [5, 5.41) is 9.83. The van der Waals surface area contributed by atoms with Crippen molar-refractivity contribution in [1.82, 2.24) is 4.98 Å². The number of aromatic nitrogens is 1. The van der Waals surface area contributed by atoms with Gasteiger partial charge in [0.25, 0.3) is 0 Å². The third-order valence-electron chi connectivity index (χ3n) is 9.03. The van der Waals surface area contributed by atoms with Crippen molar-refractivity contribution in [1.29, 1.82) is 0 Å². The Kier molecular flexibility index (Phi) is 8.76. The fourth-order valence-electron chi connectivity index (χ4n) is 5.77. The van der Waals surface area contributed by atoms with Crippen LogP contribution in [0.3, 0.4) is 0 Å². The molecule has 0 radical (unpaired) electrons. The van der Waals surface area contributed by atoms with Crippen molar-refractivity contribution in [3.8, 4) is 5.88 Å². The maximum Gasteiger partial charge on any atom is 0.416 e. The summed E-state index contributed by atoms with van der Waals surface area (Å²) in [6.07, 6.45) is 1.14. The molecular weight excluding hydrogens is 533 g/mol. The second-order valence-corrected chi connectivity index (χ2v) is 12.8. The molecule has 1 atom stereocenters. The summed E-state index contributed by atoms with van der Waals surface area (Å²) in [5.41, 5.74) is -0.771. The van der Waals surface area contributed by atoms with Crippen LogP contribution < -0.4 is 9.64 Å². The molecule has 1 saturated heterocycles. The number of Topliss-reactive ketones (excluding diaryl/α,β-unsaturated/α-hetero) is 1. The van der Waals surface area contributed by atoms with E-state index in [1.54, 1.807) is 20.0 Å². The Morgan fingerprint density at radius 2 is 1.71 bits per heavy atom. The first-order valence-corrected chi connectivity index (χ1v) is 14.5. The zero-order valence-electron chi connectivity index (χ0n) is 24.6. The molecule has 0 spiro atoms. The van der Waals surface area contributed by atoms with E-state index in [0.717, 1.165) is 30.5 Å².